The zero-order chi connectivity index (χ0) is 19.2. The van der Waals surface area contributed by atoms with Gasteiger partial charge in [-0.2, -0.15) is 0 Å². The van der Waals surface area contributed by atoms with Crippen molar-refractivity contribution in [2.75, 3.05) is 6.54 Å². The molecule has 0 aliphatic rings. The average molecular weight is 366 g/mol. The molecule has 0 fully saturated rings. The summed E-state index contributed by atoms with van der Waals surface area (Å²) >= 11 is 0. The van der Waals surface area contributed by atoms with Crippen molar-refractivity contribution in [2.24, 2.45) is 0 Å². The van der Waals surface area contributed by atoms with Crippen LogP contribution in [0.15, 0.2) is 53.3 Å². The van der Waals surface area contributed by atoms with Gasteiger partial charge >= 0.3 is 0 Å². The summed E-state index contributed by atoms with van der Waals surface area (Å²) in [6.45, 7) is 2.38. The van der Waals surface area contributed by atoms with E-state index in [-0.39, 0.29) is 17.3 Å². The van der Waals surface area contributed by atoms with Gasteiger partial charge in [0.05, 0.1) is 0 Å². The Balaban J connectivity index is 1.48. The van der Waals surface area contributed by atoms with Crippen LogP contribution in [0.25, 0.3) is 10.9 Å². The second kappa shape index (κ2) is 8.62. The molecule has 0 bridgehead atoms. The first-order valence-corrected chi connectivity index (χ1v) is 9.15. The van der Waals surface area contributed by atoms with Gasteiger partial charge in [-0.1, -0.05) is 30.3 Å². The summed E-state index contributed by atoms with van der Waals surface area (Å²) in [6.07, 6.45) is 1.92. The molecular weight excluding hydrogens is 343 g/mol. The van der Waals surface area contributed by atoms with Crippen LogP contribution in [0.1, 0.15) is 29.5 Å². The molecule has 0 atom stereocenters. The van der Waals surface area contributed by atoms with Crippen molar-refractivity contribution in [2.45, 2.75) is 32.6 Å². The van der Waals surface area contributed by atoms with Gasteiger partial charge in [-0.05, 0) is 60.9 Å². The Kier molecular flexibility index (Phi) is 6.01. The van der Waals surface area contributed by atoms with Crippen molar-refractivity contribution in [3.63, 3.8) is 0 Å². The Morgan fingerprint density at radius 1 is 1.07 bits per heavy atom. The molecule has 1 amide bonds. The average Bonchev–Trinajstić information content (AvgIpc) is 2.64. The fraction of sp³-hybridized carbons (Fsp3) is 0.273. The van der Waals surface area contributed by atoms with E-state index < -0.39 is 0 Å². The third-order valence-corrected chi connectivity index (χ3v) is 4.60. The number of carbonyl (C=O) groups excluding carboxylic acids is 1. The van der Waals surface area contributed by atoms with E-state index in [9.17, 15) is 14.0 Å². The Morgan fingerprint density at radius 2 is 1.89 bits per heavy atom. The van der Waals surface area contributed by atoms with E-state index in [1.807, 2.05) is 31.2 Å². The third kappa shape index (κ3) is 5.03. The molecule has 140 valence electrons. The van der Waals surface area contributed by atoms with E-state index in [2.05, 4.69) is 10.3 Å². The first kappa shape index (κ1) is 18.8. The van der Waals surface area contributed by atoms with E-state index in [1.165, 1.54) is 6.07 Å². The van der Waals surface area contributed by atoms with Crippen molar-refractivity contribution < 1.29 is 9.18 Å². The Labute approximate surface area is 157 Å². The normalized spacial score (nSPS) is 10.9. The number of H-pyrrole nitrogens is 1. The van der Waals surface area contributed by atoms with E-state index in [1.54, 1.807) is 18.2 Å². The van der Waals surface area contributed by atoms with Crippen LogP contribution in [0.4, 0.5) is 4.39 Å². The number of aromatic nitrogens is 1. The van der Waals surface area contributed by atoms with Gasteiger partial charge in [-0.25, -0.2) is 4.39 Å². The monoisotopic (exact) mass is 366 g/mol. The number of pyridine rings is 1. The molecule has 0 aliphatic heterocycles. The van der Waals surface area contributed by atoms with Gasteiger partial charge < -0.3 is 10.3 Å². The van der Waals surface area contributed by atoms with Crippen LogP contribution in [0, 0.1) is 12.7 Å². The molecule has 5 heteroatoms. The van der Waals surface area contributed by atoms with Crippen molar-refractivity contribution >= 4 is 16.8 Å². The van der Waals surface area contributed by atoms with E-state index in [0.717, 1.165) is 16.5 Å². The molecule has 3 aromatic rings. The number of aromatic amines is 1. The van der Waals surface area contributed by atoms with Crippen LogP contribution < -0.4 is 10.9 Å². The number of carbonyl (C=O) groups is 1. The van der Waals surface area contributed by atoms with Crippen LogP contribution in [0.2, 0.25) is 0 Å². The van der Waals surface area contributed by atoms with Crippen LogP contribution in [0.3, 0.4) is 0 Å². The van der Waals surface area contributed by atoms with Gasteiger partial charge in [0, 0.05) is 24.0 Å². The van der Waals surface area contributed by atoms with Crippen LogP contribution in [-0.4, -0.2) is 17.4 Å². The lowest BCUT2D eigenvalue weighted by atomic mass is 10.1. The molecule has 1 aromatic heterocycles. The second-order valence-corrected chi connectivity index (χ2v) is 6.76. The van der Waals surface area contributed by atoms with Gasteiger partial charge in [-0.15, -0.1) is 0 Å². The highest BCUT2D eigenvalue weighted by atomic mass is 19.1. The zero-order valence-electron chi connectivity index (χ0n) is 15.3. The predicted molar refractivity (Wildman–Crippen MR) is 105 cm³/mol. The highest BCUT2D eigenvalue weighted by Crippen LogP contribution is 2.13. The smallest absolute Gasteiger partial charge is 0.251 e. The van der Waals surface area contributed by atoms with E-state index >= 15 is 0 Å². The SMILES string of the molecule is Cc1ccc2cc(CCNC(=O)CCCc3ccccc3F)c(=O)[nH]c2c1. The van der Waals surface area contributed by atoms with Crippen molar-refractivity contribution in [1.29, 1.82) is 0 Å². The first-order valence-electron chi connectivity index (χ1n) is 9.15. The molecule has 2 N–H and O–H groups in total. The van der Waals surface area contributed by atoms with Crippen molar-refractivity contribution in [3.05, 3.63) is 81.4 Å². The summed E-state index contributed by atoms with van der Waals surface area (Å²) in [5, 5.41) is 3.81. The molecule has 3 rings (SSSR count). The molecule has 27 heavy (non-hydrogen) atoms. The maximum atomic E-state index is 13.5. The van der Waals surface area contributed by atoms with Gasteiger partial charge in [0.1, 0.15) is 5.82 Å². The van der Waals surface area contributed by atoms with Gasteiger partial charge in [-0.3, -0.25) is 9.59 Å². The fourth-order valence-corrected chi connectivity index (χ4v) is 3.11. The number of hydrogen-bond donors (Lipinski definition) is 2. The number of rotatable bonds is 7. The fourth-order valence-electron chi connectivity index (χ4n) is 3.11. The van der Waals surface area contributed by atoms with Gasteiger partial charge in [0.2, 0.25) is 5.91 Å². The third-order valence-electron chi connectivity index (χ3n) is 4.60. The number of benzene rings is 2. The van der Waals surface area contributed by atoms with Crippen LogP contribution >= 0.6 is 0 Å². The summed E-state index contributed by atoms with van der Waals surface area (Å²) in [5.74, 6) is -0.317. The number of halogens is 1. The minimum absolute atomic E-state index is 0.0841. The lowest BCUT2D eigenvalue weighted by Gasteiger charge is -2.07. The number of fused-ring (bicyclic) bond motifs is 1. The van der Waals surface area contributed by atoms with Crippen molar-refractivity contribution in [3.8, 4) is 0 Å². The summed E-state index contributed by atoms with van der Waals surface area (Å²) in [5.41, 5.74) is 3.07. The quantitative estimate of drug-likeness (QED) is 0.670. The van der Waals surface area contributed by atoms with Crippen LogP contribution in [0.5, 0.6) is 0 Å². The zero-order valence-corrected chi connectivity index (χ0v) is 15.3. The molecule has 1 heterocycles. The highest BCUT2D eigenvalue weighted by Gasteiger charge is 2.06. The van der Waals surface area contributed by atoms with E-state index in [0.29, 0.717) is 43.4 Å². The van der Waals surface area contributed by atoms with Gasteiger partial charge in [0.15, 0.2) is 0 Å². The Hall–Kier alpha value is -2.95. The molecule has 0 radical (unpaired) electrons. The molecular formula is C22H23FN2O2. The standard InChI is InChI=1S/C22H23FN2O2/c1-15-9-10-17-14-18(22(27)25-20(17)13-15)11-12-24-21(26)8-4-6-16-5-2-3-7-19(16)23/h2-3,5,7,9-10,13-14H,4,6,8,11-12H2,1H3,(H,24,26)(H,25,27). The lowest BCUT2D eigenvalue weighted by molar-refractivity contribution is -0.121. The molecule has 0 unspecified atom stereocenters. The highest BCUT2D eigenvalue weighted by molar-refractivity contribution is 5.79. The maximum absolute atomic E-state index is 13.5. The summed E-state index contributed by atoms with van der Waals surface area (Å²) in [7, 11) is 0. The summed E-state index contributed by atoms with van der Waals surface area (Å²) in [6, 6.07) is 14.4. The first-order chi connectivity index (χ1) is 13.0. The molecule has 0 aliphatic carbocycles. The lowest BCUT2D eigenvalue weighted by Crippen LogP contribution is -2.27. The molecule has 0 saturated carbocycles. The van der Waals surface area contributed by atoms with Crippen molar-refractivity contribution in [1.82, 2.24) is 10.3 Å². The predicted octanol–water partition coefficient (Wildman–Crippen LogP) is 3.66. The number of hydrogen-bond acceptors (Lipinski definition) is 2. The van der Waals surface area contributed by atoms with Crippen LogP contribution in [-0.2, 0) is 17.6 Å². The summed E-state index contributed by atoms with van der Waals surface area (Å²) in [4.78, 5) is 27.0. The molecule has 4 nitrogen and oxygen atoms in total. The minimum atomic E-state index is -0.233. The topological polar surface area (TPSA) is 62.0 Å². The Morgan fingerprint density at radius 3 is 2.70 bits per heavy atom. The molecule has 0 spiro atoms. The largest absolute Gasteiger partial charge is 0.356 e. The molecule has 2 aromatic carbocycles. The number of amides is 1. The second-order valence-electron chi connectivity index (χ2n) is 6.76. The van der Waals surface area contributed by atoms with Gasteiger partial charge in [0.25, 0.3) is 5.56 Å². The number of aryl methyl sites for hydroxylation is 2. The summed E-state index contributed by atoms with van der Waals surface area (Å²) < 4.78 is 13.5. The number of nitrogens with one attached hydrogen (secondary N) is 2. The van der Waals surface area contributed by atoms with E-state index in [4.69, 9.17) is 0 Å². The molecule has 0 saturated heterocycles. The maximum Gasteiger partial charge on any atom is 0.251 e. The minimum Gasteiger partial charge on any atom is -0.356 e. The Bertz CT molecular complexity index is 1010.